The average molecular weight is 307 g/mol. The number of nitrogens with zero attached hydrogens (tertiary/aromatic N) is 1. The predicted octanol–water partition coefficient (Wildman–Crippen LogP) is 2.27. The first-order valence-electron chi connectivity index (χ1n) is 6.39. The van der Waals surface area contributed by atoms with Crippen LogP contribution in [0.1, 0.15) is 31.7 Å². The fourth-order valence-electron chi connectivity index (χ4n) is 1.77. The Labute approximate surface area is 118 Å². The third-order valence-corrected chi connectivity index (χ3v) is 4.86. The van der Waals surface area contributed by atoms with E-state index in [4.69, 9.17) is 5.11 Å². The molecular formula is C13H19F2NO3S. The van der Waals surface area contributed by atoms with Crippen LogP contribution in [0, 0.1) is 11.6 Å². The van der Waals surface area contributed by atoms with E-state index in [2.05, 4.69) is 0 Å². The van der Waals surface area contributed by atoms with Gasteiger partial charge in [-0.3, -0.25) is 0 Å². The van der Waals surface area contributed by atoms with E-state index in [0.29, 0.717) is 6.42 Å². The normalized spacial score (nSPS) is 12.1. The maximum absolute atomic E-state index is 13.7. The Kier molecular flexibility index (Phi) is 6.04. The van der Waals surface area contributed by atoms with Gasteiger partial charge in [0.25, 0.3) is 0 Å². The van der Waals surface area contributed by atoms with Gasteiger partial charge < -0.3 is 5.11 Å². The first-order valence-corrected chi connectivity index (χ1v) is 7.83. The van der Waals surface area contributed by atoms with Gasteiger partial charge in [-0.25, -0.2) is 21.5 Å². The summed E-state index contributed by atoms with van der Waals surface area (Å²) in [5.74, 6) is -2.69. The summed E-state index contributed by atoms with van der Waals surface area (Å²) in [5, 5.41) is 8.96. The molecule has 0 aliphatic rings. The molecule has 0 heterocycles. The molecule has 0 amide bonds. The van der Waals surface area contributed by atoms with Crippen LogP contribution in [0.5, 0.6) is 0 Å². The SMILES string of the molecule is CCCCCN(C)S(=O)(=O)c1cc(CO)cc(F)c1F. The van der Waals surface area contributed by atoms with Crippen molar-refractivity contribution in [1.29, 1.82) is 0 Å². The summed E-state index contributed by atoms with van der Waals surface area (Å²) < 4.78 is 52.5. The molecule has 0 saturated heterocycles. The van der Waals surface area contributed by atoms with Crippen molar-refractivity contribution in [1.82, 2.24) is 4.31 Å². The quantitative estimate of drug-likeness (QED) is 0.786. The predicted molar refractivity (Wildman–Crippen MR) is 71.6 cm³/mol. The number of aliphatic hydroxyl groups excluding tert-OH is 1. The number of aliphatic hydroxyl groups is 1. The molecule has 0 spiro atoms. The molecule has 1 rings (SSSR count). The molecule has 7 heteroatoms. The molecule has 20 heavy (non-hydrogen) atoms. The lowest BCUT2D eigenvalue weighted by Gasteiger charge is -2.18. The van der Waals surface area contributed by atoms with E-state index in [0.717, 1.165) is 29.3 Å². The van der Waals surface area contributed by atoms with E-state index < -0.39 is 33.2 Å². The van der Waals surface area contributed by atoms with E-state index in [1.807, 2.05) is 6.92 Å². The number of benzene rings is 1. The van der Waals surface area contributed by atoms with Gasteiger partial charge in [0, 0.05) is 13.6 Å². The van der Waals surface area contributed by atoms with Gasteiger partial charge in [0.15, 0.2) is 11.6 Å². The monoisotopic (exact) mass is 307 g/mol. The summed E-state index contributed by atoms with van der Waals surface area (Å²) in [5.41, 5.74) is 0.0180. The Morgan fingerprint density at radius 1 is 1.25 bits per heavy atom. The molecule has 0 radical (unpaired) electrons. The zero-order valence-electron chi connectivity index (χ0n) is 11.6. The smallest absolute Gasteiger partial charge is 0.245 e. The Bertz CT molecular complexity index is 561. The number of sulfonamides is 1. The molecule has 0 bridgehead atoms. The van der Waals surface area contributed by atoms with Gasteiger partial charge in [0.2, 0.25) is 10.0 Å². The molecule has 4 nitrogen and oxygen atoms in total. The van der Waals surface area contributed by atoms with Crippen LogP contribution in [0.15, 0.2) is 17.0 Å². The van der Waals surface area contributed by atoms with Gasteiger partial charge in [0.05, 0.1) is 6.61 Å². The lowest BCUT2D eigenvalue weighted by Crippen LogP contribution is -2.29. The molecular weight excluding hydrogens is 288 g/mol. The van der Waals surface area contributed by atoms with Crippen LogP contribution in [0.4, 0.5) is 8.78 Å². The highest BCUT2D eigenvalue weighted by Gasteiger charge is 2.26. The molecule has 1 aromatic rings. The zero-order valence-corrected chi connectivity index (χ0v) is 12.4. The van der Waals surface area contributed by atoms with Crippen molar-refractivity contribution in [2.24, 2.45) is 0 Å². The maximum Gasteiger partial charge on any atom is 0.245 e. The van der Waals surface area contributed by atoms with E-state index in [1.54, 1.807) is 0 Å². The molecule has 0 saturated carbocycles. The first-order chi connectivity index (χ1) is 9.34. The number of halogens is 2. The minimum absolute atomic E-state index is 0.0180. The molecule has 1 N–H and O–H groups in total. The zero-order chi connectivity index (χ0) is 15.3. The summed E-state index contributed by atoms with van der Waals surface area (Å²) in [4.78, 5) is -0.736. The van der Waals surface area contributed by atoms with Crippen LogP contribution < -0.4 is 0 Å². The molecule has 0 unspecified atom stereocenters. The largest absolute Gasteiger partial charge is 0.392 e. The summed E-state index contributed by atoms with van der Waals surface area (Å²) >= 11 is 0. The van der Waals surface area contributed by atoms with Gasteiger partial charge >= 0.3 is 0 Å². The number of hydrogen-bond donors (Lipinski definition) is 1. The first kappa shape index (κ1) is 17.0. The van der Waals surface area contributed by atoms with Crippen LogP contribution in [0.2, 0.25) is 0 Å². The van der Waals surface area contributed by atoms with Gasteiger partial charge in [-0.2, -0.15) is 0 Å². The number of unbranched alkanes of at least 4 members (excludes halogenated alkanes) is 2. The van der Waals surface area contributed by atoms with Gasteiger partial charge in [-0.1, -0.05) is 19.8 Å². The lowest BCUT2D eigenvalue weighted by molar-refractivity contribution is 0.280. The molecule has 114 valence electrons. The van der Waals surface area contributed by atoms with E-state index in [-0.39, 0.29) is 12.1 Å². The van der Waals surface area contributed by atoms with Crippen molar-refractivity contribution < 1.29 is 22.3 Å². The second-order valence-corrected chi connectivity index (χ2v) is 6.59. The number of rotatable bonds is 7. The highest BCUT2D eigenvalue weighted by Crippen LogP contribution is 2.23. The molecule has 0 fully saturated rings. The summed E-state index contributed by atoms with van der Waals surface area (Å²) in [6.07, 6.45) is 2.43. The maximum atomic E-state index is 13.7. The number of hydrogen-bond acceptors (Lipinski definition) is 3. The van der Waals surface area contributed by atoms with Crippen molar-refractivity contribution >= 4 is 10.0 Å². The van der Waals surface area contributed by atoms with Crippen LogP contribution in [-0.2, 0) is 16.6 Å². The van der Waals surface area contributed by atoms with Crippen LogP contribution in [0.25, 0.3) is 0 Å². The summed E-state index contributed by atoms with van der Waals surface area (Å²) in [7, 11) is -2.77. The Morgan fingerprint density at radius 3 is 2.45 bits per heavy atom. The minimum atomic E-state index is -4.10. The fourth-order valence-corrected chi connectivity index (χ4v) is 3.10. The fraction of sp³-hybridized carbons (Fsp3) is 0.538. The lowest BCUT2D eigenvalue weighted by atomic mass is 10.2. The third kappa shape index (κ3) is 3.74. The molecule has 0 aliphatic heterocycles. The average Bonchev–Trinajstić information content (AvgIpc) is 2.41. The standard InChI is InChI=1S/C13H19F2NO3S/c1-3-4-5-6-16(2)20(18,19)12-8-10(9-17)7-11(14)13(12)15/h7-8,17H,3-6,9H2,1-2H3. The second kappa shape index (κ2) is 7.10. The highest BCUT2D eigenvalue weighted by atomic mass is 32.2. The Hall–Kier alpha value is -1.05. The van der Waals surface area contributed by atoms with Crippen molar-refractivity contribution in [3.63, 3.8) is 0 Å². The van der Waals surface area contributed by atoms with E-state index in [9.17, 15) is 17.2 Å². The topological polar surface area (TPSA) is 57.6 Å². The molecule has 0 atom stereocenters. The second-order valence-electron chi connectivity index (χ2n) is 4.58. The van der Waals surface area contributed by atoms with Crippen molar-refractivity contribution in [3.05, 3.63) is 29.3 Å². The van der Waals surface area contributed by atoms with Gasteiger partial charge in [-0.05, 0) is 24.1 Å². The Balaban J connectivity index is 3.11. The van der Waals surface area contributed by atoms with Crippen molar-refractivity contribution in [2.45, 2.75) is 37.7 Å². The van der Waals surface area contributed by atoms with Crippen molar-refractivity contribution in [2.75, 3.05) is 13.6 Å². The van der Waals surface area contributed by atoms with Gasteiger partial charge in [-0.15, -0.1) is 0 Å². The van der Waals surface area contributed by atoms with E-state index in [1.165, 1.54) is 7.05 Å². The van der Waals surface area contributed by atoms with Crippen molar-refractivity contribution in [3.8, 4) is 0 Å². The minimum Gasteiger partial charge on any atom is -0.392 e. The highest BCUT2D eigenvalue weighted by molar-refractivity contribution is 7.89. The van der Waals surface area contributed by atoms with Crippen LogP contribution in [-0.4, -0.2) is 31.4 Å². The summed E-state index contributed by atoms with van der Waals surface area (Å²) in [6, 6.07) is 1.75. The molecule has 0 aromatic heterocycles. The molecule has 1 aromatic carbocycles. The van der Waals surface area contributed by atoms with Gasteiger partial charge in [0.1, 0.15) is 4.90 Å². The Morgan fingerprint density at radius 2 is 1.90 bits per heavy atom. The summed E-state index contributed by atoms with van der Waals surface area (Å²) in [6.45, 7) is 1.66. The van der Waals surface area contributed by atoms with Crippen LogP contribution >= 0.6 is 0 Å². The van der Waals surface area contributed by atoms with Crippen LogP contribution in [0.3, 0.4) is 0 Å². The van der Waals surface area contributed by atoms with E-state index >= 15 is 0 Å². The molecule has 0 aliphatic carbocycles. The third-order valence-electron chi connectivity index (χ3n) is 3.00.